The van der Waals surface area contributed by atoms with Crippen LogP contribution in [0, 0.1) is 6.92 Å². The monoisotopic (exact) mass is 604 g/mol. The molecule has 45 heavy (non-hydrogen) atoms. The molecule has 0 saturated carbocycles. The minimum absolute atomic E-state index is 0.208. The average molecular weight is 605 g/mol. The van der Waals surface area contributed by atoms with Gasteiger partial charge >= 0.3 is 11.9 Å². The summed E-state index contributed by atoms with van der Waals surface area (Å²) in [5.74, 6) is -0.0666. The normalized spacial score (nSPS) is 11.0. The third-order valence-corrected chi connectivity index (χ3v) is 5.73. The first-order valence-electron chi connectivity index (χ1n) is 13.4. The van der Waals surface area contributed by atoms with Gasteiger partial charge in [-0.25, -0.2) is 9.59 Å². The summed E-state index contributed by atoms with van der Waals surface area (Å²) in [6.45, 7) is 8.14. The predicted octanol–water partition coefficient (Wildman–Crippen LogP) is 9.37. The number of aryl methyl sites for hydroxylation is 1. The fourth-order valence-electron chi connectivity index (χ4n) is 3.39. The molecular formula is C33H28N6O6. The van der Waals surface area contributed by atoms with Crippen molar-refractivity contribution in [1.29, 1.82) is 0 Å². The lowest BCUT2D eigenvalue weighted by atomic mass is 10.2. The van der Waals surface area contributed by atoms with E-state index in [-0.39, 0.29) is 13.6 Å². The van der Waals surface area contributed by atoms with Crippen molar-refractivity contribution in [2.24, 2.45) is 30.7 Å². The first kappa shape index (κ1) is 31.6. The van der Waals surface area contributed by atoms with Gasteiger partial charge in [0.1, 0.15) is 11.5 Å². The Morgan fingerprint density at radius 2 is 0.911 bits per heavy atom. The quantitative estimate of drug-likeness (QED) is 0.0606. The molecule has 226 valence electrons. The van der Waals surface area contributed by atoms with E-state index in [2.05, 4.69) is 43.8 Å². The molecule has 0 radical (unpaired) electrons. The van der Waals surface area contributed by atoms with Crippen LogP contribution in [0.1, 0.15) is 5.56 Å². The topological polar surface area (TPSA) is 145 Å². The van der Waals surface area contributed by atoms with Gasteiger partial charge in [-0.2, -0.15) is 30.7 Å². The van der Waals surface area contributed by atoms with Gasteiger partial charge in [0.05, 0.1) is 34.1 Å². The largest absolute Gasteiger partial charge is 0.457 e. The number of nitrogens with zero attached hydrogens (tertiary/aromatic N) is 6. The third kappa shape index (κ3) is 10.5. The molecule has 0 N–H and O–H groups in total. The molecule has 0 bridgehead atoms. The summed E-state index contributed by atoms with van der Waals surface area (Å²) < 4.78 is 20.2. The van der Waals surface area contributed by atoms with E-state index in [1.54, 1.807) is 78.9 Å². The van der Waals surface area contributed by atoms with Crippen molar-refractivity contribution in [1.82, 2.24) is 0 Å². The van der Waals surface area contributed by atoms with Crippen molar-refractivity contribution in [3.05, 3.63) is 122 Å². The van der Waals surface area contributed by atoms with Gasteiger partial charge < -0.3 is 18.9 Å². The molecule has 0 aromatic heterocycles. The second kappa shape index (κ2) is 16.4. The predicted molar refractivity (Wildman–Crippen MR) is 167 cm³/mol. The zero-order valence-corrected chi connectivity index (χ0v) is 24.3. The highest BCUT2D eigenvalue weighted by atomic mass is 16.7. The second-order valence-corrected chi connectivity index (χ2v) is 8.93. The molecule has 0 aliphatic carbocycles. The molecule has 4 aromatic carbocycles. The fraction of sp³-hybridized carbons (Fsp3) is 0.0909. The molecule has 0 fully saturated rings. The molecule has 0 saturated heterocycles. The Morgan fingerprint density at radius 1 is 0.556 bits per heavy atom. The van der Waals surface area contributed by atoms with Crippen LogP contribution in [-0.2, 0) is 19.1 Å². The molecule has 0 aliphatic heterocycles. The van der Waals surface area contributed by atoms with Crippen molar-refractivity contribution in [3.8, 4) is 11.5 Å². The van der Waals surface area contributed by atoms with E-state index in [4.69, 9.17) is 18.9 Å². The van der Waals surface area contributed by atoms with Crippen LogP contribution in [0.15, 0.2) is 147 Å². The van der Waals surface area contributed by atoms with Crippen molar-refractivity contribution >= 4 is 46.1 Å². The van der Waals surface area contributed by atoms with E-state index in [0.717, 1.165) is 17.7 Å². The number of benzene rings is 4. The van der Waals surface area contributed by atoms with E-state index in [0.29, 0.717) is 45.6 Å². The second-order valence-electron chi connectivity index (χ2n) is 8.93. The average Bonchev–Trinajstić information content (AvgIpc) is 3.07. The first-order valence-corrected chi connectivity index (χ1v) is 13.4. The molecule has 0 amide bonds. The van der Waals surface area contributed by atoms with Crippen molar-refractivity contribution in [3.63, 3.8) is 0 Å². The van der Waals surface area contributed by atoms with Crippen LogP contribution in [0.4, 0.5) is 34.1 Å². The maximum atomic E-state index is 11.1. The minimum Gasteiger partial charge on any atom is -0.457 e. The van der Waals surface area contributed by atoms with E-state index >= 15 is 0 Å². The number of hydrogen-bond acceptors (Lipinski definition) is 12. The number of carbonyl (C=O) groups excluding carboxylic acids is 2. The van der Waals surface area contributed by atoms with Crippen molar-refractivity contribution in [2.45, 2.75) is 6.92 Å². The van der Waals surface area contributed by atoms with Crippen LogP contribution in [0.25, 0.3) is 0 Å². The third-order valence-electron chi connectivity index (χ3n) is 5.73. The lowest BCUT2D eigenvalue weighted by Crippen LogP contribution is -2.07. The Kier molecular flexibility index (Phi) is 11.5. The van der Waals surface area contributed by atoms with Crippen LogP contribution in [0.2, 0.25) is 0 Å². The summed E-state index contributed by atoms with van der Waals surface area (Å²) in [6.07, 6.45) is 2.13. The van der Waals surface area contributed by atoms with Crippen LogP contribution in [0.3, 0.4) is 0 Å². The molecular weight excluding hydrogens is 576 g/mol. The molecule has 0 unspecified atom stereocenters. The first-order chi connectivity index (χ1) is 21.9. The lowest BCUT2D eigenvalue weighted by molar-refractivity contribution is -0.145. The van der Waals surface area contributed by atoms with E-state index in [9.17, 15) is 9.59 Å². The summed E-state index contributed by atoms with van der Waals surface area (Å²) in [5, 5.41) is 25.7. The molecule has 0 atom stereocenters. The molecule has 4 aromatic rings. The Morgan fingerprint density at radius 3 is 1.31 bits per heavy atom. The highest BCUT2D eigenvalue weighted by Gasteiger charge is 2.02. The Hall–Kier alpha value is -6.30. The molecule has 4 rings (SSSR count). The highest BCUT2D eigenvalue weighted by Crippen LogP contribution is 2.29. The molecule has 0 heterocycles. The van der Waals surface area contributed by atoms with Crippen molar-refractivity contribution in [2.75, 3.05) is 13.6 Å². The highest BCUT2D eigenvalue weighted by molar-refractivity contribution is 5.81. The Balaban J connectivity index is 1.27. The van der Waals surface area contributed by atoms with Gasteiger partial charge in [0.2, 0.25) is 13.6 Å². The van der Waals surface area contributed by atoms with Gasteiger partial charge in [-0.05, 0) is 103 Å². The lowest BCUT2D eigenvalue weighted by Gasteiger charge is -2.05. The number of azo groups is 3. The molecule has 12 nitrogen and oxygen atoms in total. The van der Waals surface area contributed by atoms with Crippen LogP contribution < -0.4 is 9.47 Å². The van der Waals surface area contributed by atoms with Crippen molar-refractivity contribution < 1.29 is 28.5 Å². The number of rotatable bonds is 14. The molecule has 0 aliphatic rings. The van der Waals surface area contributed by atoms with Crippen LogP contribution in [0.5, 0.6) is 11.5 Å². The summed E-state index contributed by atoms with van der Waals surface area (Å²) in [6, 6.07) is 26.4. The zero-order valence-electron chi connectivity index (χ0n) is 24.3. The van der Waals surface area contributed by atoms with Gasteiger partial charge in [-0.3, -0.25) is 0 Å². The number of carbonyl (C=O) groups is 2. The van der Waals surface area contributed by atoms with E-state index < -0.39 is 11.9 Å². The maximum Gasteiger partial charge on any atom is 0.333 e. The molecule has 12 heteroatoms. The summed E-state index contributed by atoms with van der Waals surface area (Å²) in [4.78, 5) is 22.1. The van der Waals surface area contributed by atoms with Gasteiger partial charge in [-0.1, -0.05) is 13.2 Å². The van der Waals surface area contributed by atoms with E-state index in [1.807, 2.05) is 19.1 Å². The number of esters is 2. The van der Waals surface area contributed by atoms with Gasteiger partial charge in [-0.15, -0.1) is 0 Å². The van der Waals surface area contributed by atoms with Gasteiger partial charge in [0.25, 0.3) is 0 Å². The smallest absolute Gasteiger partial charge is 0.333 e. The zero-order chi connectivity index (χ0) is 31.9. The van der Waals surface area contributed by atoms with E-state index in [1.165, 1.54) is 0 Å². The van der Waals surface area contributed by atoms with Gasteiger partial charge in [0.15, 0.2) is 0 Å². The maximum absolute atomic E-state index is 11.1. The fourth-order valence-corrected chi connectivity index (χ4v) is 3.39. The standard InChI is InChI=1S/C33H28N6O6/c1-4-32(40)44-21-42-29-15-10-26(11-16-29)35-34-24-6-8-25(9-7-24)37-39-31-19-14-28(20-23(31)3)38-36-27-12-17-30(18-13-27)43-22-45-33(41)5-2/h4-20H,1-2,21-22H2,3H3. The molecule has 0 spiro atoms. The summed E-state index contributed by atoms with van der Waals surface area (Å²) >= 11 is 0. The van der Waals surface area contributed by atoms with Crippen LogP contribution >= 0.6 is 0 Å². The Bertz CT molecular complexity index is 1720. The summed E-state index contributed by atoms with van der Waals surface area (Å²) in [5.41, 5.74) is 4.79. The SMILES string of the molecule is C=CC(=O)OCOc1ccc(N=Nc2ccc(N=Nc3ccc(N=Nc4ccc(OCOC(=O)C=C)cc4)cc3C)cc2)cc1. The van der Waals surface area contributed by atoms with Crippen LogP contribution in [-0.4, -0.2) is 25.5 Å². The van der Waals surface area contributed by atoms with Gasteiger partial charge in [0, 0.05) is 12.2 Å². The number of hydrogen-bond donors (Lipinski definition) is 0. The summed E-state index contributed by atoms with van der Waals surface area (Å²) in [7, 11) is 0. The Labute approximate surface area is 259 Å². The minimum atomic E-state index is -0.558. The number of ether oxygens (including phenoxy) is 4.